The number of esters is 1. The van der Waals surface area contributed by atoms with Gasteiger partial charge in [-0.05, 0) is 43.7 Å². The highest BCUT2D eigenvalue weighted by molar-refractivity contribution is 5.98. The molecule has 0 radical (unpaired) electrons. The fourth-order valence-electron chi connectivity index (χ4n) is 3.83. The first-order valence-corrected chi connectivity index (χ1v) is 11.8. The summed E-state index contributed by atoms with van der Waals surface area (Å²) in [6.07, 6.45) is 0.632. The van der Waals surface area contributed by atoms with Gasteiger partial charge in [0.2, 0.25) is 0 Å². The van der Waals surface area contributed by atoms with Gasteiger partial charge in [0.1, 0.15) is 5.82 Å². The Bertz CT molecular complexity index is 1570. The molecule has 0 saturated heterocycles. The van der Waals surface area contributed by atoms with E-state index in [0.717, 1.165) is 22.4 Å². The Morgan fingerprint density at radius 2 is 1.41 bits per heavy atom. The van der Waals surface area contributed by atoms with Crippen LogP contribution in [0.4, 0.5) is 5.82 Å². The summed E-state index contributed by atoms with van der Waals surface area (Å²) in [5, 5.41) is 2.65. The molecule has 1 N–H and O–H groups in total. The Labute approximate surface area is 214 Å². The molecule has 3 aromatic carbocycles. The number of benzene rings is 3. The minimum Gasteiger partial charge on any atom is -0.449 e. The maximum absolute atomic E-state index is 12.9. The molecule has 5 aromatic rings. The van der Waals surface area contributed by atoms with Gasteiger partial charge in [0.25, 0.3) is 5.91 Å². The molecule has 0 spiro atoms. The van der Waals surface area contributed by atoms with Crippen molar-refractivity contribution in [1.29, 1.82) is 0 Å². The van der Waals surface area contributed by atoms with Gasteiger partial charge >= 0.3 is 5.97 Å². The van der Waals surface area contributed by atoms with E-state index in [1.165, 1.54) is 6.92 Å². The van der Waals surface area contributed by atoms with Crippen molar-refractivity contribution in [3.05, 3.63) is 108 Å². The van der Waals surface area contributed by atoms with Gasteiger partial charge in [0.05, 0.1) is 28.0 Å². The highest BCUT2D eigenvalue weighted by Gasteiger charge is 2.21. The van der Waals surface area contributed by atoms with Crippen LogP contribution in [0.25, 0.3) is 33.5 Å². The van der Waals surface area contributed by atoms with Crippen LogP contribution in [0.3, 0.4) is 0 Å². The van der Waals surface area contributed by atoms with Crippen molar-refractivity contribution in [2.75, 3.05) is 5.32 Å². The number of nitrogens with zero attached hydrogens (tertiary/aromatic N) is 3. The molecular formula is C30H24N4O3. The molecular weight excluding hydrogens is 464 g/mol. The minimum absolute atomic E-state index is 0.279. The largest absolute Gasteiger partial charge is 0.449 e. The van der Waals surface area contributed by atoms with Crippen LogP contribution in [-0.4, -0.2) is 32.9 Å². The zero-order chi connectivity index (χ0) is 25.8. The van der Waals surface area contributed by atoms with E-state index in [1.54, 1.807) is 30.5 Å². The third-order valence-electron chi connectivity index (χ3n) is 5.81. The fourth-order valence-corrected chi connectivity index (χ4v) is 3.83. The van der Waals surface area contributed by atoms with Crippen LogP contribution < -0.4 is 5.32 Å². The molecule has 1 atom stereocenters. The maximum atomic E-state index is 12.9. The van der Waals surface area contributed by atoms with Crippen molar-refractivity contribution < 1.29 is 14.3 Å². The number of nitrogens with one attached hydrogen (secondary N) is 1. The van der Waals surface area contributed by atoms with Crippen LogP contribution in [0.5, 0.6) is 0 Å². The summed E-state index contributed by atoms with van der Waals surface area (Å²) in [7, 11) is 0. The van der Waals surface area contributed by atoms with Crippen LogP contribution in [0.1, 0.15) is 22.8 Å². The van der Waals surface area contributed by atoms with Crippen molar-refractivity contribution >= 4 is 28.7 Å². The summed E-state index contributed by atoms with van der Waals surface area (Å²) < 4.78 is 5.42. The lowest BCUT2D eigenvalue weighted by molar-refractivity contribution is -0.123. The van der Waals surface area contributed by atoms with Gasteiger partial charge < -0.3 is 10.1 Å². The number of rotatable bonds is 6. The third-order valence-corrected chi connectivity index (χ3v) is 5.81. The number of anilines is 1. The molecule has 1 amide bonds. The fraction of sp³-hybridized carbons (Fsp3) is 0.100. The van der Waals surface area contributed by atoms with E-state index >= 15 is 0 Å². The summed E-state index contributed by atoms with van der Waals surface area (Å²) in [4.78, 5) is 39.3. The summed E-state index contributed by atoms with van der Waals surface area (Å²) in [6.45, 7) is 3.42. The second-order valence-electron chi connectivity index (χ2n) is 8.61. The molecule has 0 aliphatic carbocycles. The smallest absolute Gasteiger partial charge is 0.338 e. The van der Waals surface area contributed by atoms with Crippen molar-refractivity contribution in [3.8, 4) is 22.5 Å². The molecule has 0 saturated carbocycles. The number of hydrogen-bond donors (Lipinski definition) is 1. The Kier molecular flexibility index (Phi) is 6.68. The van der Waals surface area contributed by atoms with Crippen molar-refractivity contribution in [2.45, 2.75) is 20.0 Å². The zero-order valence-electron chi connectivity index (χ0n) is 20.4. The van der Waals surface area contributed by atoms with E-state index in [-0.39, 0.29) is 5.56 Å². The highest BCUT2D eigenvalue weighted by atomic mass is 16.5. The first-order chi connectivity index (χ1) is 18.0. The zero-order valence-corrected chi connectivity index (χ0v) is 20.4. The summed E-state index contributed by atoms with van der Waals surface area (Å²) in [6, 6.07) is 28.2. The first-order valence-electron chi connectivity index (χ1n) is 11.8. The molecule has 7 nitrogen and oxygen atoms in total. The monoisotopic (exact) mass is 488 g/mol. The number of carbonyl (C=O) groups is 2. The Morgan fingerprint density at radius 1 is 0.784 bits per heavy atom. The van der Waals surface area contributed by atoms with Crippen LogP contribution in [-0.2, 0) is 9.53 Å². The lowest BCUT2D eigenvalue weighted by atomic mass is 10.0. The van der Waals surface area contributed by atoms with Gasteiger partial charge in [-0.3, -0.25) is 4.79 Å². The quantitative estimate of drug-likeness (QED) is 0.301. The number of ether oxygens (including phenoxy) is 1. The molecule has 2 aromatic heterocycles. The Balaban J connectivity index is 1.42. The van der Waals surface area contributed by atoms with E-state index in [4.69, 9.17) is 14.7 Å². The third kappa shape index (κ3) is 5.36. The molecule has 1 unspecified atom stereocenters. The predicted octanol–water partition coefficient (Wildman–Crippen LogP) is 5.85. The van der Waals surface area contributed by atoms with E-state index in [0.29, 0.717) is 22.5 Å². The van der Waals surface area contributed by atoms with Crippen LogP contribution in [0.2, 0.25) is 0 Å². The van der Waals surface area contributed by atoms with Gasteiger partial charge in [-0.25, -0.2) is 19.7 Å². The van der Waals surface area contributed by atoms with Crippen LogP contribution >= 0.6 is 0 Å². The Morgan fingerprint density at radius 3 is 2.00 bits per heavy atom. The molecule has 2 heterocycles. The number of carbonyl (C=O) groups excluding carboxylic acids is 2. The van der Waals surface area contributed by atoms with E-state index in [1.807, 2.05) is 73.7 Å². The van der Waals surface area contributed by atoms with Crippen molar-refractivity contribution in [2.24, 2.45) is 0 Å². The Hall–Kier alpha value is -4.91. The second kappa shape index (κ2) is 10.4. The van der Waals surface area contributed by atoms with Gasteiger partial charge in [-0.2, -0.15) is 0 Å². The highest BCUT2D eigenvalue weighted by Crippen LogP contribution is 2.31. The predicted molar refractivity (Wildman–Crippen MR) is 143 cm³/mol. The van der Waals surface area contributed by atoms with Gasteiger partial charge in [-0.15, -0.1) is 0 Å². The average molecular weight is 489 g/mol. The average Bonchev–Trinajstić information content (AvgIpc) is 2.94. The lowest BCUT2D eigenvalue weighted by Gasteiger charge is -2.14. The van der Waals surface area contributed by atoms with E-state index < -0.39 is 18.0 Å². The first kappa shape index (κ1) is 23.8. The number of amides is 1. The van der Waals surface area contributed by atoms with E-state index in [2.05, 4.69) is 10.3 Å². The van der Waals surface area contributed by atoms with Gasteiger partial charge in [0.15, 0.2) is 6.10 Å². The van der Waals surface area contributed by atoms with Crippen molar-refractivity contribution in [3.63, 3.8) is 0 Å². The maximum Gasteiger partial charge on any atom is 0.338 e. The molecule has 7 heteroatoms. The second-order valence-corrected chi connectivity index (χ2v) is 8.61. The normalized spacial score (nSPS) is 11.6. The minimum atomic E-state index is -1.02. The SMILES string of the molecule is Cc1ccc(NC(=O)C(C)OC(=O)c2ccc3nc(-c4ccccc4)c(-c4ccccc4)nc3c2)nc1. The summed E-state index contributed by atoms with van der Waals surface area (Å²) >= 11 is 0. The number of aromatic nitrogens is 3. The van der Waals surface area contributed by atoms with Crippen molar-refractivity contribution in [1.82, 2.24) is 15.0 Å². The summed E-state index contributed by atoms with van der Waals surface area (Å²) in [5.41, 5.74) is 5.78. The van der Waals surface area contributed by atoms with Crippen LogP contribution in [0.15, 0.2) is 97.2 Å². The molecule has 0 fully saturated rings. The number of hydrogen-bond acceptors (Lipinski definition) is 6. The number of fused-ring (bicyclic) bond motifs is 1. The number of pyridine rings is 1. The van der Waals surface area contributed by atoms with Gasteiger partial charge in [0, 0.05) is 17.3 Å². The lowest BCUT2D eigenvalue weighted by Crippen LogP contribution is -2.30. The topological polar surface area (TPSA) is 94.1 Å². The van der Waals surface area contributed by atoms with Gasteiger partial charge in [-0.1, -0.05) is 66.7 Å². The molecule has 37 heavy (non-hydrogen) atoms. The molecule has 0 aliphatic rings. The van der Waals surface area contributed by atoms with Crippen LogP contribution in [0, 0.1) is 6.92 Å². The number of aryl methyl sites for hydroxylation is 1. The molecule has 5 rings (SSSR count). The molecule has 182 valence electrons. The molecule has 0 aliphatic heterocycles. The summed E-state index contributed by atoms with van der Waals surface area (Å²) in [5.74, 6) is -0.706. The van der Waals surface area contributed by atoms with E-state index in [9.17, 15) is 9.59 Å². The standard InChI is InChI=1S/C30H24N4O3/c1-19-13-16-26(31-18-19)34-29(35)20(2)37-30(36)23-14-15-24-25(17-23)33-28(22-11-7-4-8-12-22)27(32-24)21-9-5-3-6-10-21/h3-18,20H,1-2H3,(H,31,34,35). The molecule has 0 bridgehead atoms.